The minimum atomic E-state index is -4.30. The smallest absolute Gasteiger partial charge is 0.368 e. The molecule has 0 aromatic carbocycles. The summed E-state index contributed by atoms with van der Waals surface area (Å²) in [4.78, 5) is 8.42. The monoisotopic (exact) mass is 268 g/mol. The van der Waals surface area contributed by atoms with Crippen LogP contribution >= 0.6 is 11.6 Å². The number of nitrogens with zero attached hydrogens (tertiary/aromatic N) is 3. The number of hydrogen-bond donors (Lipinski definition) is 1. The maximum atomic E-state index is 12.4. The average molecular weight is 269 g/mol. The first-order valence-electron chi connectivity index (χ1n) is 4.93. The molecule has 1 aromatic rings. The van der Waals surface area contributed by atoms with Gasteiger partial charge in [0, 0.05) is 12.6 Å². The van der Waals surface area contributed by atoms with E-state index in [1.807, 2.05) is 0 Å². The Morgan fingerprint density at radius 3 is 2.53 bits per heavy atom. The third-order valence-corrected chi connectivity index (χ3v) is 2.08. The number of aromatic nitrogens is 2. The van der Waals surface area contributed by atoms with Crippen LogP contribution in [0.25, 0.3) is 0 Å². The second-order valence-corrected chi connectivity index (χ2v) is 3.83. The topological polar surface area (TPSA) is 55.0 Å². The van der Waals surface area contributed by atoms with Crippen LogP contribution in [-0.2, 0) is 0 Å². The summed E-state index contributed by atoms with van der Waals surface area (Å²) in [5, 5.41) is 0.0239. The summed E-state index contributed by atoms with van der Waals surface area (Å²) < 4.78 is 37.1. The molecule has 0 saturated carbocycles. The highest BCUT2D eigenvalue weighted by Gasteiger charge is 2.31. The highest BCUT2D eigenvalue weighted by atomic mass is 35.5. The van der Waals surface area contributed by atoms with Gasteiger partial charge in [0.1, 0.15) is 17.5 Å². The van der Waals surface area contributed by atoms with Crippen molar-refractivity contribution in [2.24, 2.45) is 0 Å². The van der Waals surface area contributed by atoms with Crippen LogP contribution in [-0.4, -0.2) is 29.2 Å². The molecule has 0 bridgehead atoms. The summed E-state index contributed by atoms with van der Waals surface area (Å²) in [5.41, 5.74) is 5.34. The van der Waals surface area contributed by atoms with E-state index in [0.29, 0.717) is 6.42 Å². The minimum Gasteiger partial charge on any atom is -0.368 e. The molecular weight excluding hydrogens is 257 g/mol. The van der Waals surface area contributed by atoms with Crippen molar-refractivity contribution in [3.63, 3.8) is 0 Å². The molecule has 0 spiro atoms. The van der Waals surface area contributed by atoms with Crippen molar-refractivity contribution in [2.45, 2.75) is 19.5 Å². The standard InChI is InChI=1S/C9H12ClF3N4/c1-2-3-17(5-9(11,12)13)7-4-6(10)15-8(14)16-7/h4H,2-3,5H2,1H3,(H2,14,15,16). The van der Waals surface area contributed by atoms with Gasteiger partial charge in [-0.25, -0.2) is 4.98 Å². The molecule has 1 rings (SSSR count). The van der Waals surface area contributed by atoms with Crippen molar-refractivity contribution in [1.29, 1.82) is 0 Å². The lowest BCUT2D eigenvalue weighted by Gasteiger charge is -2.24. The fourth-order valence-corrected chi connectivity index (χ4v) is 1.53. The zero-order chi connectivity index (χ0) is 13.1. The van der Waals surface area contributed by atoms with Gasteiger partial charge < -0.3 is 10.6 Å². The van der Waals surface area contributed by atoms with E-state index in [1.165, 1.54) is 6.07 Å². The molecule has 1 heterocycles. The lowest BCUT2D eigenvalue weighted by atomic mass is 10.3. The lowest BCUT2D eigenvalue weighted by molar-refractivity contribution is -0.119. The second kappa shape index (κ2) is 5.39. The minimum absolute atomic E-state index is 0.0239. The highest BCUT2D eigenvalue weighted by molar-refractivity contribution is 6.29. The van der Waals surface area contributed by atoms with Crippen LogP contribution in [0.1, 0.15) is 13.3 Å². The van der Waals surface area contributed by atoms with Crippen LogP contribution in [0.5, 0.6) is 0 Å². The van der Waals surface area contributed by atoms with Crippen LogP contribution < -0.4 is 10.6 Å². The molecule has 0 saturated heterocycles. The van der Waals surface area contributed by atoms with Gasteiger partial charge >= 0.3 is 6.18 Å². The molecule has 1 aromatic heterocycles. The molecule has 8 heteroatoms. The zero-order valence-corrected chi connectivity index (χ0v) is 9.89. The number of hydrogen-bond acceptors (Lipinski definition) is 4. The Kier molecular flexibility index (Phi) is 4.39. The van der Waals surface area contributed by atoms with E-state index >= 15 is 0 Å². The van der Waals surface area contributed by atoms with Crippen molar-refractivity contribution >= 4 is 23.4 Å². The van der Waals surface area contributed by atoms with Crippen molar-refractivity contribution < 1.29 is 13.2 Å². The third-order valence-electron chi connectivity index (χ3n) is 1.89. The number of nitrogen functional groups attached to an aromatic ring is 1. The average Bonchev–Trinajstić information content (AvgIpc) is 2.13. The number of alkyl halides is 3. The molecule has 0 aliphatic heterocycles. The SMILES string of the molecule is CCCN(CC(F)(F)F)c1cc(Cl)nc(N)n1. The predicted octanol–water partition coefficient (Wildman–Crippen LogP) is 2.49. The zero-order valence-electron chi connectivity index (χ0n) is 9.13. The summed E-state index contributed by atoms with van der Waals surface area (Å²) in [5.74, 6) is -0.0579. The second-order valence-electron chi connectivity index (χ2n) is 3.44. The quantitative estimate of drug-likeness (QED) is 0.853. The molecule has 0 atom stereocenters. The molecule has 0 aliphatic carbocycles. The lowest BCUT2D eigenvalue weighted by Crippen LogP contribution is -2.35. The van der Waals surface area contributed by atoms with E-state index in [1.54, 1.807) is 6.92 Å². The molecule has 2 N–H and O–H groups in total. The van der Waals surface area contributed by atoms with Gasteiger partial charge in [-0.15, -0.1) is 0 Å². The molecule has 0 fully saturated rings. The Balaban J connectivity index is 2.96. The van der Waals surface area contributed by atoms with E-state index in [4.69, 9.17) is 17.3 Å². The summed E-state index contributed by atoms with van der Waals surface area (Å²) in [6.45, 7) is 0.898. The highest BCUT2D eigenvalue weighted by Crippen LogP contribution is 2.23. The van der Waals surface area contributed by atoms with Gasteiger partial charge in [0.2, 0.25) is 5.95 Å². The van der Waals surface area contributed by atoms with Crippen molar-refractivity contribution in [1.82, 2.24) is 9.97 Å². The van der Waals surface area contributed by atoms with Gasteiger partial charge in [0.25, 0.3) is 0 Å². The van der Waals surface area contributed by atoms with E-state index in [-0.39, 0.29) is 23.5 Å². The Morgan fingerprint density at radius 2 is 2.06 bits per heavy atom. The van der Waals surface area contributed by atoms with Crippen LogP contribution in [0.15, 0.2) is 6.07 Å². The maximum absolute atomic E-state index is 12.4. The molecule has 96 valence electrons. The van der Waals surface area contributed by atoms with Crippen molar-refractivity contribution in [3.05, 3.63) is 11.2 Å². The van der Waals surface area contributed by atoms with Gasteiger partial charge in [-0.05, 0) is 6.42 Å². The largest absolute Gasteiger partial charge is 0.405 e. The third kappa shape index (κ3) is 4.64. The number of rotatable bonds is 4. The van der Waals surface area contributed by atoms with Crippen molar-refractivity contribution in [3.8, 4) is 0 Å². The van der Waals surface area contributed by atoms with Gasteiger partial charge in [-0.1, -0.05) is 18.5 Å². The van der Waals surface area contributed by atoms with Crippen LogP contribution in [0.2, 0.25) is 5.15 Å². The van der Waals surface area contributed by atoms with E-state index in [9.17, 15) is 13.2 Å². The molecule has 4 nitrogen and oxygen atoms in total. The molecule has 0 radical (unpaired) electrons. The number of anilines is 2. The summed E-state index contributed by atoms with van der Waals surface area (Å²) in [6, 6.07) is 1.26. The van der Waals surface area contributed by atoms with Gasteiger partial charge in [-0.3, -0.25) is 0 Å². The Morgan fingerprint density at radius 1 is 1.41 bits per heavy atom. The molecular formula is C9H12ClF3N4. The van der Waals surface area contributed by atoms with Gasteiger partial charge in [0.15, 0.2) is 0 Å². The number of halogens is 4. The molecule has 0 amide bonds. The summed E-state index contributed by atoms with van der Waals surface area (Å²) >= 11 is 5.63. The summed E-state index contributed by atoms with van der Waals surface area (Å²) in [7, 11) is 0. The van der Waals surface area contributed by atoms with Crippen LogP contribution in [0.3, 0.4) is 0 Å². The molecule has 0 aliphatic rings. The Bertz CT molecular complexity index is 363. The molecule has 0 unspecified atom stereocenters. The Labute approximate surface area is 102 Å². The predicted molar refractivity (Wildman–Crippen MR) is 60.0 cm³/mol. The van der Waals surface area contributed by atoms with E-state index < -0.39 is 12.7 Å². The van der Waals surface area contributed by atoms with Gasteiger partial charge in [-0.2, -0.15) is 18.2 Å². The first-order valence-corrected chi connectivity index (χ1v) is 5.31. The van der Waals surface area contributed by atoms with E-state index in [2.05, 4.69) is 9.97 Å². The van der Waals surface area contributed by atoms with Crippen LogP contribution in [0, 0.1) is 0 Å². The normalized spacial score (nSPS) is 11.6. The molecule has 17 heavy (non-hydrogen) atoms. The first-order chi connectivity index (χ1) is 7.81. The fourth-order valence-electron chi connectivity index (χ4n) is 1.35. The van der Waals surface area contributed by atoms with E-state index in [0.717, 1.165) is 4.90 Å². The first kappa shape index (κ1) is 13.8. The number of nitrogens with two attached hydrogens (primary N) is 1. The Hall–Kier alpha value is -1.24. The van der Waals surface area contributed by atoms with Crippen LogP contribution in [0.4, 0.5) is 24.9 Å². The van der Waals surface area contributed by atoms with Crippen molar-refractivity contribution in [2.75, 3.05) is 23.7 Å². The summed E-state index contributed by atoms with van der Waals surface area (Å²) in [6.07, 6.45) is -3.75. The van der Waals surface area contributed by atoms with Gasteiger partial charge in [0.05, 0.1) is 0 Å². The fraction of sp³-hybridized carbons (Fsp3) is 0.556. The maximum Gasteiger partial charge on any atom is 0.405 e.